The lowest BCUT2D eigenvalue weighted by Gasteiger charge is -2.35. The topological polar surface area (TPSA) is 19.4 Å². The molecule has 0 aliphatic carbocycles. The molecule has 2 heterocycles. The number of hydrogen-bond acceptors (Lipinski definition) is 4. The van der Waals surface area contributed by atoms with Crippen LogP contribution in [0, 0.1) is 5.92 Å². The van der Waals surface area contributed by atoms with Gasteiger partial charge in [0.2, 0.25) is 0 Å². The minimum absolute atomic E-state index is 0.483. The first-order valence-corrected chi connectivity index (χ1v) is 7.18. The van der Waals surface area contributed by atoms with Crippen molar-refractivity contribution in [1.82, 2.24) is 9.88 Å². The summed E-state index contributed by atoms with van der Waals surface area (Å²) in [5.74, 6) is 0.614. The van der Waals surface area contributed by atoms with Crippen LogP contribution in [0.4, 0.5) is 18.3 Å². The molecule has 2 rings (SSSR count). The first kappa shape index (κ1) is 14.6. The van der Waals surface area contributed by atoms with Crippen molar-refractivity contribution < 1.29 is 13.2 Å². The molecule has 108 valence electrons. The van der Waals surface area contributed by atoms with Gasteiger partial charge in [0.05, 0.1) is 6.20 Å². The first-order valence-electron chi connectivity index (χ1n) is 6.36. The average Bonchev–Trinajstić information content (AvgIpc) is 2.78. The molecule has 0 spiro atoms. The van der Waals surface area contributed by atoms with Crippen molar-refractivity contribution in [3.63, 3.8) is 0 Å². The Labute approximate surface area is 115 Å². The summed E-state index contributed by atoms with van der Waals surface area (Å²) in [5.41, 5.74) is 0. The average molecular weight is 293 g/mol. The minimum atomic E-state index is -4.28. The van der Waals surface area contributed by atoms with Gasteiger partial charge < -0.3 is 4.90 Å². The number of hydrogen-bond donors (Lipinski definition) is 0. The number of thiazole rings is 1. The molecular weight excluding hydrogens is 275 g/mol. The Kier molecular flexibility index (Phi) is 4.35. The number of alkyl halides is 3. The lowest BCUT2D eigenvalue weighted by molar-refractivity contribution is -0.134. The third kappa shape index (κ3) is 3.82. The van der Waals surface area contributed by atoms with E-state index in [2.05, 4.69) is 23.7 Å². The number of aromatic nitrogens is 1. The molecule has 1 saturated heterocycles. The molecule has 1 aliphatic rings. The standard InChI is InChI=1S/C12H18F3N3S/c1-9(2)8-17-3-5-18(6-4-17)11-16-7-10(19-11)12(13,14)15/h7,9H,3-6,8H2,1-2H3. The lowest BCUT2D eigenvalue weighted by atomic mass is 10.2. The van der Waals surface area contributed by atoms with Gasteiger partial charge in [-0.05, 0) is 5.92 Å². The molecule has 7 heteroatoms. The van der Waals surface area contributed by atoms with Crippen LogP contribution in [0.15, 0.2) is 6.20 Å². The molecule has 1 fully saturated rings. The number of rotatable bonds is 3. The molecule has 0 atom stereocenters. The highest BCUT2D eigenvalue weighted by atomic mass is 32.1. The quantitative estimate of drug-likeness (QED) is 0.854. The summed E-state index contributed by atoms with van der Waals surface area (Å²) in [5, 5.41) is 0.483. The van der Waals surface area contributed by atoms with Gasteiger partial charge in [-0.1, -0.05) is 25.2 Å². The third-order valence-corrected chi connectivity index (χ3v) is 4.14. The van der Waals surface area contributed by atoms with Crippen molar-refractivity contribution in [1.29, 1.82) is 0 Å². The largest absolute Gasteiger partial charge is 0.427 e. The maximum Gasteiger partial charge on any atom is 0.427 e. The summed E-state index contributed by atoms with van der Waals surface area (Å²) >= 11 is 0.733. The summed E-state index contributed by atoms with van der Waals surface area (Å²) in [6.07, 6.45) is -3.35. The summed E-state index contributed by atoms with van der Waals surface area (Å²) in [4.78, 5) is 7.57. The Balaban J connectivity index is 1.93. The van der Waals surface area contributed by atoms with Gasteiger partial charge in [-0.3, -0.25) is 4.90 Å². The summed E-state index contributed by atoms with van der Waals surface area (Å²) in [6, 6.07) is 0. The number of piperazine rings is 1. The summed E-state index contributed by atoms with van der Waals surface area (Å²) in [6.45, 7) is 8.65. The molecule has 0 amide bonds. The maximum atomic E-state index is 12.5. The molecule has 1 aromatic heterocycles. The Morgan fingerprint density at radius 2 is 1.89 bits per heavy atom. The molecule has 0 aromatic carbocycles. The molecule has 19 heavy (non-hydrogen) atoms. The summed E-state index contributed by atoms with van der Waals surface area (Å²) in [7, 11) is 0. The highest BCUT2D eigenvalue weighted by Gasteiger charge is 2.34. The van der Waals surface area contributed by atoms with Crippen LogP contribution < -0.4 is 4.90 Å². The Morgan fingerprint density at radius 3 is 2.37 bits per heavy atom. The van der Waals surface area contributed by atoms with E-state index in [1.165, 1.54) is 0 Å². The van der Waals surface area contributed by atoms with Gasteiger partial charge in [0.25, 0.3) is 0 Å². The molecule has 0 bridgehead atoms. The summed E-state index contributed by atoms with van der Waals surface area (Å²) < 4.78 is 37.6. The van der Waals surface area contributed by atoms with E-state index < -0.39 is 11.1 Å². The van der Waals surface area contributed by atoms with Gasteiger partial charge in [0.15, 0.2) is 5.13 Å². The second kappa shape index (κ2) is 5.66. The Morgan fingerprint density at radius 1 is 1.26 bits per heavy atom. The van der Waals surface area contributed by atoms with E-state index in [0.29, 0.717) is 11.0 Å². The van der Waals surface area contributed by atoms with Crippen molar-refractivity contribution in [2.45, 2.75) is 20.0 Å². The minimum Gasteiger partial charge on any atom is -0.346 e. The van der Waals surface area contributed by atoms with Gasteiger partial charge in [-0.15, -0.1) is 0 Å². The van der Waals surface area contributed by atoms with Crippen LogP contribution in [0.1, 0.15) is 18.7 Å². The van der Waals surface area contributed by atoms with Crippen molar-refractivity contribution in [2.75, 3.05) is 37.6 Å². The Hall–Kier alpha value is -0.820. The van der Waals surface area contributed by atoms with E-state index in [-0.39, 0.29) is 0 Å². The first-order chi connectivity index (χ1) is 8.86. The van der Waals surface area contributed by atoms with Crippen LogP contribution in [-0.4, -0.2) is 42.6 Å². The zero-order chi connectivity index (χ0) is 14.0. The number of halogens is 3. The zero-order valence-electron chi connectivity index (χ0n) is 11.1. The van der Waals surface area contributed by atoms with Crippen molar-refractivity contribution >= 4 is 16.5 Å². The molecule has 1 aromatic rings. The number of anilines is 1. The Bertz CT molecular complexity index is 409. The van der Waals surface area contributed by atoms with Crippen LogP contribution in [0.25, 0.3) is 0 Å². The second-order valence-corrected chi connectivity index (χ2v) is 6.20. The van der Waals surface area contributed by atoms with Crippen LogP contribution in [0.3, 0.4) is 0 Å². The predicted molar refractivity (Wildman–Crippen MR) is 70.6 cm³/mol. The fourth-order valence-electron chi connectivity index (χ4n) is 2.18. The molecule has 0 N–H and O–H groups in total. The predicted octanol–water partition coefficient (Wildman–Crippen LogP) is 2.94. The third-order valence-electron chi connectivity index (χ3n) is 3.04. The van der Waals surface area contributed by atoms with E-state index in [4.69, 9.17) is 0 Å². The van der Waals surface area contributed by atoms with E-state index >= 15 is 0 Å². The molecule has 0 radical (unpaired) electrons. The molecule has 0 saturated carbocycles. The second-order valence-electron chi connectivity index (χ2n) is 5.19. The van der Waals surface area contributed by atoms with Crippen LogP contribution in [0.5, 0.6) is 0 Å². The molecular formula is C12H18F3N3S. The lowest BCUT2D eigenvalue weighted by Crippen LogP contribution is -2.47. The fraction of sp³-hybridized carbons (Fsp3) is 0.750. The molecule has 1 aliphatic heterocycles. The smallest absolute Gasteiger partial charge is 0.346 e. The fourth-order valence-corrected chi connectivity index (χ4v) is 3.02. The van der Waals surface area contributed by atoms with Gasteiger partial charge in [0.1, 0.15) is 4.88 Å². The van der Waals surface area contributed by atoms with E-state index in [1.807, 2.05) is 4.90 Å². The van der Waals surface area contributed by atoms with Crippen molar-refractivity contribution in [3.8, 4) is 0 Å². The van der Waals surface area contributed by atoms with Crippen LogP contribution in [0.2, 0.25) is 0 Å². The normalized spacial score (nSPS) is 18.3. The molecule has 3 nitrogen and oxygen atoms in total. The van der Waals surface area contributed by atoms with Gasteiger partial charge in [0, 0.05) is 32.7 Å². The van der Waals surface area contributed by atoms with E-state index in [9.17, 15) is 13.2 Å². The maximum absolute atomic E-state index is 12.5. The molecule has 0 unspecified atom stereocenters. The van der Waals surface area contributed by atoms with Crippen molar-refractivity contribution in [3.05, 3.63) is 11.1 Å². The van der Waals surface area contributed by atoms with E-state index in [1.54, 1.807) is 0 Å². The van der Waals surface area contributed by atoms with E-state index in [0.717, 1.165) is 50.3 Å². The van der Waals surface area contributed by atoms with Crippen LogP contribution in [-0.2, 0) is 6.18 Å². The highest BCUT2D eigenvalue weighted by molar-refractivity contribution is 7.15. The van der Waals surface area contributed by atoms with Gasteiger partial charge >= 0.3 is 6.18 Å². The zero-order valence-corrected chi connectivity index (χ0v) is 11.9. The van der Waals surface area contributed by atoms with Gasteiger partial charge in [-0.2, -0.15) is 13.2 Å². The van der Waals surface area contributed by atoms with Crippen LogP contribution >= 0.6 is 11.3 Å². The monoisotopic (exact) mass is 293 g/mol. The number of nitrogens with zero attached hydrogens (tertiary/aromatic N) is 3. The van der Waals surface area contributed by atoms with Crippen molar-refractivity contribution in [2.24, 2.45) is 5.92 Å². The SMILES string of the molecule is CC(C)CN1CCN(c2ncc(C(F)(F)F)s2)CC1. The van der Waals surface area contributed by atoms with Gasteiger partial charge in [-0.25, -0.2) is 4.98 Å². The highest BCUT2D eigenvalue weighted by Crippen LogP contribution is 2.36.